The summed E-state index contributed by atoms with van der Waals surface area (Å²) in [5.41, 5.74) is 0. The number of carboxylic acids is 1. The van der Waals surface area contributed by atoms with Crippen LogP contribution in [0.4, 0.5) is 5.82 Å². The molecule has 7 heteroatoms. The summed E-state index contributed by atoms with van der Waals surface area (Å²) < 4.78 is 4.78. The zero-order valence-corrected chi connectivity index (χ0v) is 9.84. The molecular formula is C11H13N3O4. The molecule has 1 heterocycles. The fraction of sp³-hybridized carbons (Fsp3) is 0.364. The van der Waals surface area contributed by atoms with Crippen LogP contribution in [0, 0.1) is 19.3 Å². The average Bonchev–Trinajstić information content (AvgIpc) is 2.62. The van der Waals surface area contributed by atoms with Gasteiger partial charge in [0, 0.05) is 6.07 Å². The van der Waals surface area contributed by atoms with Gasteiger partial charge in [0.15, 0.2) is 5.82 Å². The van der Waals surface area contributed by atoms with Gasteiger partial charge in [-0.1, -0.05) is 11.1 Å². The molecule has 0 unspecified atom stereocenters. The molecule has 0 radical (unpaired) electrons. The average molecular weight is 251 g/mol. The third kappa shape index (κ3) is 4.67. The minimum atomic E-state index is -1.05. The summed E-state index contributed by atoms with van der Waals surface area (Å²) >= 11 is 0. The first-order valence-corrected chi connectivity index (χ1v) is 5.12. The maximum Gasteiger partial charge on any atom is 0.317 e. The van der Waals surface area contributed by atoms with E-state index in [9.17, 15) is 9.59 Å². The molecular weight excluding hydrogens is 238 g/mol. The van der Waals surface area contributed by atoms with E-state index in [1.165, 1.54) is 4.90 Å². The Bertz CT molecular complexity index is 475. The second-order valence-corrected chi connectivity index (χ2v) is 3.61. The second kappa shape index (κ2) is 6.42. The SMILES string of the molecule is C#CCN(CC(=O)O)CC(=O)Nc1cc(C)on1. The highest BCUT2D eigenvalue weighted by Crippen LogP contribution is 2.06. The van der Waals surface area contributed by atoms with Crippen LogP contribution in [0.15, 0.2) is 10.6 Å². The van der Waals surface area contributed by atoms with Crippen LogP contribution in [0.25, 0.3) is 0 Å². The van der Waals surface area contributed by atoms with Gasteiger partial charge >= 0.3 is 5.97 Å². The van der Waals surface area contributed by atoms with Crippen molar-refractivity contribution in [1.29, 1.82) is 0 Å². The van der Waals surface area contributed by atoms with Crippen LogP contribution in [0.3, 0.4) is 0 Å². The van der Waals surface area contributed by atoms with E-state index in [-0.39, 0.29) is 25.5 Å². The molecule has 1 aromatic rings. The summed E-state index contributed by atoms with van der Waals surface area (Å²) in [4.78, 5) is 23.5. The molecule has 7 nitrogen and oxygen atoms in total. The standard InChI is InChI=1S/C11H13N3O4/c1-3-4-14(7-11(16)17)6-10(15)12-9-5-8(2)18-13-9/h1,5H,4,6-7H2,2H3,(H,16,17)(H,12,13,15). The van der Waals surface area contributed by atoms with E-state index in [2.05, 4.69) is 16.4 Å². The first-order valence-electron chi connectivity index (χ1n) is 5.12. The Morgan fingerprint density at radius 2 is 2.33 bits per heavy atom. The van der Waals surface area contributed by atoms with E-state index in [1.54, 1.807) is 13.0 Å². The Hall–Kier alpha value is -2.33. The van der Waals surface area contributed by atoms with E-state index in [1.807, 2.05) is 0 Å². The fourth-order valence-corrected chi connectivity index (χ4v) is 1.30. The second-order valence-electron chi connectivity index (χ2n) is 3.61. The van der Waals surface area contributed by atoms with Crippen LogP contribution < -0.4 is 5.32 Å². The molecule has 0 atom stereocenters. The normalized spacial score (nSPS) is 10.1. The predicted octanol–water partition coefficient (Wildman–Crippen LogP) is -0.0587. The topological polar surface area (TPSA) is 95.7 Å². The molecule has 0 saturated carbocycles. The number of carbonyl (C=O) groups is 2. The highest BCUT2D eigenvalue weighted by Gasteiger charge is 2.14. The lowest BCUT2D eigenvalue weighted by molar-refractivity contribution is -0.138. The number of nitrogens with zero attached hydrogens (tertiary/aromatic N) is 2. The highest BCUT2D eigenvalue weighted by atomic mass is 16.5. The molecule has 1 amide bonds. The smallest absolute Gasteiger partial charge is 0.317 e. The summed E-state index contributed by atoms with van der Waals surface area (Å²) in [5.74, 6) is 1.70. The molecule has 0 aliphatic rings. The number of rotatable bonds is 6. The summed E-state index contributed by atoms with van der Waals surface area (Å²) in [6.45, 7) is 1.35. The van der Waals surface area contributed by atoms with E-state index in [0.29, 0.717) is 5.76 Å². The molecule has 0 fully saturated rings. The molecule has 1 aromatic heterocycles. The van der Waals surface area contributed by atoms with E-state index in [4.69, 9.17) is 16.1 Å². The zero-order chi connectivity index (χ0) is 13.5. The number of terminal acetylenes is 1. The van der Waals surface area contributed by atoms with Gasteiger partial charge in [-0.15, -0.1) is 6.42 Å². The van der Waals surface area contributed by atoms with Gasteiger partial charge < -0.3 is 14.9 Å². The van der Waals surface area contributed by atoms with Gasteiger partial charge in [-0.3, -0.25) is 14.5 Å². The number of amides is 1. The number of carbonyl (C=O) groups excluding carboxylic acids is 1. The van der Waals surface area contributed by atoms with Crippen molar-refractivity contribution in [2.75, 3.05) is 25.0 Å². The lowest BCUT2D eigenvalue weighted by atomic mass is 10.4. The maximum absolute atomic E-state index is 11.6. The van der Waals surface area contributed by atoms with Gasteiger partial charge in [0.05, 0.1) is 19.6 Å². The minimum Gasteiger partial charge on any atom is -0.480 e. The Morgan fingerprint density at radius 1 is 1.61 bits per heavy atom. The molecule has 96 valence electrons. The predicted molar refractivity (Wildman–Crippen MR) is 62.8 cm³/mol. The van der Waals surface area contributed by atoms with Crippen molar-refractivity contribution in [3.05, 3.63) is 11.8 Å². The lowest BCUT2D eigenvalue weighted by Crippen LogP contribution is -2.37. The molecule has 0 saturated heterocycles. The largest absolute Gasteiger partial charge is 0.480 e. The number of aliphatic carboxylic acids is 1. The fourth-order valence-electron chi connectivity index (χ4n) is 1.30. The number of hydrogen-bond donors (Lipinski definition) is 2. The van der Waals surface area contributed by atoms with Crippen molar-refractivity contribution >= 4 is 17.7 Å². The number of aromatic nitrogens is 1. The van der Waals surface area contributed by atoms with Crippen LogP contribution in [0.5, 0.6) is 0 Å². The Labute approximate surface area is 104 Å². The van der Waals surface area contributed by atoms with Crippen LogP contribution >= 0.6 is 0 Å². The number of anilines is 1. The van der Waals surface area contributed by atoms with Crippen molar-refractivity contribution in [3.63, 3.8) is 0 Å². The molecule has 0 bridgehead atoms. The number of nitrogens with one attached hydrogen (secondary N) is 1. The van der Waals surface area contributed by atoms with Crippen LogP contribution in [-0.4, -0.2) is 46.7 Å². The number of hydrogen-bond acceptors (Lipinski definition) is 5. The molecule has 0 aliphatic carbocycles. The third-order valence-electron chi connectivity index (χ3n) is 1.94. The van der Waals surface area contributed by atoms with Gasteiger partial charge in [0.1, 0.15) is 5.76 Å². The Balaban J connectivity index is 2.50. The lowest BCUT2D eigenvalue weighted by Gasteiger charge is -2.15. The van der Waals surface area contributed by atoms with Crippen LogP contribution in [-0.2, 0) is 9.59 Å². The van der Waals surface area contributed by atoms with Gasteiger partial charge in [0.2, 0.25) is 5.91 Å². The molecule has 0 aliphatic heterocycles. The third-order valence-corrected chi connectivity index (χ3v) is 1.94. The summed E-state index contributed by atoms with van der Waals surface area (Å²) in [6, 6.07) is 1.56. The van der Waals surface area contributed by atoms with Crippen molar-refractivity contribution in [2.45, 2.75) is 6.92 Å². The highest BCUT2D eigenvalue weighted by molar-refractivity contribution is 5.91. The molecule has 18 heavy (non-hydrogen) atoms. The van der Waals surface area contributed by atoms with Gasteiger partial charge in [-0.05, 0) is 6.92 Å². The number of carboxylic acid groups (broad SMARTS) is 1. The monoisotopic (exact) mass is 251 g/mol. The quantitative estimate of drug-likeness (QED) is 0.688. The van der Waals surface area contributed by atoms with Crippen LogP contribution in [0.2, 0.25) is 0 Å². The maximum atomic E-state index is 11.6. The first-order chi connectivity index (χ1) is 8.51. The molecule has 1 rings (SSSR count). The van der Waals surface area contributed by atoms with Crippen LogP contribution in [0.1, 0.15) is 5.76 Å². The van der Waals surface area contributed by atoms with E-state index >= 15 is 0 Å². The summed E-state index contributed by atoms with van der Waals surface area (Å²) in [6.07, 6.45) is 5.09. The van der Waals surface area contributed by atoms with Gasteiger partial charge in [0.25, 0.3) is 0 Å². The van der Waals surface area contributed by atoms with Gasteiger partial charge in [-0.25, -0.2) is 0 Å². The zero-order valence-electron chi connectivity index (χ0n) is 9.84. The van der Waals surface area contributed by atoms with E-state index < -0.39 is 11.9 Å². The molecule has 0 aromatic carbocycles. The first kappa shape index (κ1) is 13.7. The van der Waals surface area contributed by atoms with Crippen molar-refractivity contribution in [2.24, 2.45) is 0 Å². The Morgan fingerprint density at radius 3 is 2.83 bits per heavy atom. The summed E-state index contributed by atoms with van der Waals surface area (Å²) in [7, 11) is 0. The van der Waals surface area contributed by atoms with Crippen molar-refractivity contribution in [3.8, 4) is 12.3 Å². The Kier molecular flexibility index (Phi) is 4.90. The van der Waals surface area contributed by atoms with Crippen molar-refractivity contribution in [1.82, 2.24) is 10.1 Å². The molecule has 0 spiro atoms. The van der Waals surface area contributed by atoms with E-state index in [0.717, 1.165) is 0 Å². The minimum absolute atomic E-state index is 0.0809. The summed E-state index contributed by atoms with van der Waals surface area (Å²) in [5, 5.41) is 14.7. The van der Waals surface area contributed by atoms with Gasteiger partial charge in [-0.2, -0.15) is 0 Å². The van der Waals surface area contributed by atoms with Crippen molar-refractivity contribution < 1.29 is 19.2 Å². The number of aryl methyl sites for hydroxylation is 1. The molecule has 2 N–H and O–H groups in total.